The number of rotatable bonds is 13. The third kappa shape index (κ3) is 8.57. The van der Waals surface area contributed by atoms with E-state index >= 15 is 0 Å². The van der Waals surface area contributed by atoms with Gasteiger partial charge in [0.25, 0.3) is 0 Å². The van der Waals surface area contributed by atoms with Crippen molar-refractivity contribution in [3.63, 3.8) is 0 Å². The van der Waals surface area contributed by atoms with Gasteiger partial charge in [-0.1, -0.05) is 13.2 Å². The summed E-state index contributed by atoms with van der Waals surface area (Å²) in [7, 11) is 0. The van der Waals surface area contributed by atoms with E-state index in [-0.39, 0.29) is 37.7 Å². The summed E-state index contributed by atoms with van der Waals surface area (Å²) in [4.78, 5) is 33.0. The molecule has 0 saturated carbocycles. The van der Waals surface area contributed by atoms with Crippen molar-refractivity contribution in [3.05, 3.63) is 49.1 Å². The SMILES string of the molecule is C=CC(=O)OCCCOc1ccc(C(=O)O)cc1OCCCOC(=O)C=C. The van der Waals surface area contributed by atoms with E-state index < -0.39 is 17.9 Å². The second kappa shape index (κ2) is 12.1. The van der Waals surface area contributed by atoms with Crippen molar-refractivity contribution in [2.24, 2.45) is 0 Å². The highest BCUT2D eigenvalue weighted by atomic mass is 16.5. The predicted molar refractivity (Wildman–Crippen MR) is 95.9 cm³/mol. The van der Waals surface area contributed by atoms with E-state index in [0.717, 1.165) is 12.2 Å². The maximum atomic E-state index is 11.1. The van der Waals surface area contributed by atoms with Crippen LogP contribution in [0, 0.1) is 0 Å². The fourth-order valence-electron chi connectivity index (χ4n) is 1.82. The third-order valence-corrected chi connectivity index (χ3v) is 3.11. The molecule has 8 nitrogen and oxygen atoms in total. The summed E-state index contributed by atoms with van der Waals surface area (Å²) in [6.45, 7) is 7.34. The number of esters is 2. The zero-order valence-corrected chi connectivity index (χ0v) is 14.8. The zero-order chi connectivity index (χ0) is 20.1. The van der Waals surface area contributed by atoms with Gasteiger partial charge in [0.15, 0.2) is 11.5 Å². The van der Waals surface area contributed by atoms with E-state index in [0.29, 0.717) is 18.6 Å². The summed E-state index contributed by atoms with van der Waals surface area (Å²) in [5.74, 6) is -1.51. The monoisotopic (exact) mass is 378 g/mol. The Morgan fingerprint density at radius 1 is 0.852 bits per heavy atom. The lowest BCUT2D eigenvalue weighted by Crippen LogP contribution is -2.09. The smallest absolute Gasteiger partial charge is 0.335 e. The number of benzene rings is 1. The van der Waals surface area contributed by atoms with Gasteiger partial charge < -0.3 is 24.1 Å². The van der Waals surface area contributed by atoms with Crippen molar-refractivity contribution in [1.82, 2.24) is 0 Å². The van der Waals surface area contributed by atoms with Gasteiger partial charge in [0, 0.05) is 25.0 Å². The van der Waals surface area contributed by atoms with E-state index in [1.165, 1.54) is 18.2 Å². The molecule has 1 aromatic carbocycles. The minimum absolute atomic E-state index is 0.0512. The highest BCUT2D eigenvalue weighted by Crippen LogP contribution is 2.29. The van der Waals surface area contributed by atoms with E-state index in [2.05, 4.69) is 13.2 Å². The van der Waals surface area contributed by atoms with Gasteiger partial charge in [0.1, 0.15) is 0 Å². The first-order chi connectivity index (χ1) is 13.0. The van der Waals surface area contributed by atoms with Gasteiger partial charge in [-0.2, -0.15) is 0 Å². The van der Waals surface area contributed by atoms with Crippen LogP contribution in [-0.4, -0.2) is 49.4 Å². The van der Waals surface area contributed by atoms with Crippen LogP contribution in [0.25, 0.3) is 0 Å². The van der Waals surface area contributed by atoms with E-state index in [1.54, 1.807) is 0 Å². The minimum atomic E-state index is -1.09. The largest absolute Gasteiger partial charge is 0.490 e. The second-order valence-corrected chi connectivity index (χ2v) is 5.11. The van der Waals surface area contributed by atoms with Gasteiger partial charge >= 0.3 is 17.9 Å². The molecule has 0 radical (unpaired) electrons. The Balaban J connectivity index is 2.55. The molecule has 0 atom stereocenters. The molecule has 0 bridgehead atoms. The van der Waals surface area contributed by atoms with Crippen molar-refractivity contribution < 1.29 is 38.4 Å². The van der Waals surface area contributed by atoms with Crippen LogP contribution in [0.1, 0.15) is 23.2 Å². The Bertz CT molecular complexity index is 680. The van der Waals surface area contributed by atoms with Crippen molar-refractivity contribution in [2.45, 2.75) is 12.8 Å². The number of carboxylic acid groups (broad SMARTS) is 1. The first-order valence-electron chi connectivity index (χ1n) is 8.19. The number of carboxylic acids is 1. The minimum Gasteiger partial charge on any atom is -0.490 e. The number of carbonyl (C=O) groups is 3. The average molecular weight is 378 g/mol. The molecule has 0 heterocycles. The van der Waals surface area contributed by atoms with Crippen LogP contribution in [0.4, 0.5) is 0 Å². The van der Waals surface area contributed by atoms with Crippen LogP contribution in [-0.2, 0) is 19.1 Å². The Labute approximate surface area is 157 Å². The molecule has 0 aliphatic carbocycles. The molecule has 0 saturated heterocycles. The molecule has 0 aliphatic heterocycles. The molecule has 0 fully saturated rings. The number of ether oxygens (including phenoxy) is 4. The highest BCUT2D eigenvalue weighted by Gasteiger charge is 2.11. The maximum absolute atomic E-state index is 11.1. The normalized spacial score (nSPS) is 9.78. The summed E-state index contributed by atoms with van der Waals surface area (Å²) < 4.78 is 20.8. The van der Waals surface area contributed by atoms with E-state index in [9.17, 15) is 14.4 Å². The van der Waals surface area contributed by atoms with E-state index in [4.69, 9.17) is 24.1 Å². The molecule has 0 aromatic heterocycles. The van der Waals surface area contributed by atoms with Crippen molar-refractivity contribution in [2.75, 3.05) is 26.4 Å². The molecule has 8 heteroatoms. The topological polar surface area (TPSA) is 108 Å². The molecule has 0 aliphatic rings. The molecule has 27 heavy (non-hydrogen) atoms. The summed E-state index contributed by atoms with van der Waals surface area (Å²) in [5.41, 5.74) is 0.0512. The quantitative estimate of drug-likeness (QED) is 0.317. The van der Waals surface area contributed by atoms with Gasteiger partial charge in [-0.25, -0.2) is 14.4 Å². The van der Waals surface area contributed by atoms with Gasteiger partial charge in [-0.3, -0.25) is 0 Å². The lowest BCUT2D eigenvalue weighted by molar-refractivity contribution is -0.138. The standard InChI is InChI=1S/C19H22O8/c1-3-17(20)26-11-5-9-24-15-8-7-14(19(22)23)13-16(15)25-10-6-12-27-18(21)4-2/h3-4,7-8,13H,1-2,5-6,9-12H2,(H,22,23). The van der Waals surface area contributed by atoms with Crippen LogP contribution in [0.2, 0.25) is 0 Å². The van der Waals surface area contributed by atoms with Crippen LogP contribution < -0.4 is 9.47 Å². The van der Waals surface area contributed by atoms with E-state index in [1.807, 2.05) is 0 Å². The van der Waals surface area contributed by atoms with Crippen molar-refractivity contribution in [1.29, 1.82) is 0 Å². The lowest BCUT2D eigenvalue weighted by atomic mass is 10.2. The summed E-state index contributed by atoms with van der Waals surface area (Å²) in [5, 5.41) is 9.10. The van der Waals surface area contributed by atoms with Crippen LogP contribution in [0.5, 0.6) is 11.5 Å². The third-order valence-electron chi connectivity index (χ3n) is 3.11. The summed E-state index contributed by atoms with van der Waals surface area (Å²) in [6, 6.07) is 4.24. The van der Waals surface area contributed by atoms with Gasteiger partial charge in [-0.05, 0) is 18.2 Å². The van der Waals surface area contributed by atoms with Gasteiger partial charge in [0.05, 0.1) is 32.0 Å². The molecule has 0 spiro atoms. The van der Waals surface area contributed by atoms with Crippen LogP contribution in [0.15, 0.2) is 43.5 Å². The molecular formula is C19H22O8. The Morgan fingerprint density at radius 3 is 1.85 bits per heavy atom. The number of hydrogen-bond acceptors (Lipinski definition) is 7. The molecule has 0 unspecified atom stereocenters. The molecule has 0 amide bonds. The number of hydrogen-bond donors (Lipinski definition) is 1. The fraction of sp³-hybridized carbons (Fsp3) is 0.316. The second-order valence-electron chi connectivity index (χ2n) is 5.11. The van der Waals surface area contributed by atoms with Crippen molar-refractivity contribution in [3.8, 4) is 11.5 Å². The first kappa shape index (κ1) is 21.8. The Kier molecular flexibility index (Phi) is 9.77. The zero-order valence-electron chi connectivity index (χ0n) is 14.8. The first-order valence-corrected chi connectivity index (χ1v) is 8.19. The average Bonchev–Trinajstić information content (AvgIpc) is 2.67. The molecule has 1 N–H and O–H groups in total. The predicted octanol–water partition coefficient (Wildman–Crippen LogP) is 2.38. The fourth-order valence-corrected chi connectivity index (χ4v) is 1.82. The van der Waals surface area contributed by atoms with Crippen molar-refractivity contribution >= 4 is 17.9 Å². The molecule has 1 rings (SSSR count). The van der Waals surface area contributed by atoms with Crippen LogP contribution in [0.3, 0.4) is 0 Å². The Hall–Kier alpha value is -3.29. The van der Waals surface area contributed by atoms with Crippen LogP contribution >= 0.6 is 0 Å². The summed E-state index contributed by atoms with van der Waals surface area (Å²) in [6.07, 6.45) is 2.99. The molecule has 146 valence electrons. The summed E-state index contributed by atoms with van der Waals surface area (Å²) >= 11 is 0. The van der Waals surface area contributed by atoms with Gasteiger partial charge in [0.2, 0.25) is 0 Å². The lowest BCUT2D eigenvalue weighted by Gasteiger charge is -2.13. The molecule has 1 aromatic rings. The van der Waals surface area contributed by atoms with Gasteiger partial charge in [-0.15, -0.1) is 0 Å². The maximum Gasteiger partial charge on any atom is 0.335 e. The number of aromatic carboxylic acids is 1. The molecular weight excluding hydrogens is 356 g/mol. The number of carbonyl (C=O) groups excluding carboxylic acids is 2. The Morgan fingerprint density at radius 2 is 1.37 bits per heavy atom. The highest BCUT2D eigenvalue weighted by molar-refractivity contribution is 5.88.